The molecule has 1 spiro atoms. The summed E-state index contributed by atoms with van der Waals surface area (Å²) in [5.41, 5.74) is -0.852. The smallest absolute Gasteiger partial charge is 0.325 e. The molecule has 0 aromatic heterocycles. The molecule has 0 aromatic carbocycles. The molecule has 3 N–H and O–H groups in total. The Kier molecular flexibility index (Phi) is 5.48. The molecule has 1 saturated heterocycles. The van der Waals surface area contributed by atoms with Gasteiger partial charge in [-0.15, -0.1) is 0 Å². The fourth-order valence-corrected chi connectivity index (χ4v) is 4.36. The monoisotopic (exact) mass is 364 g/mol. The molecule has 0 bridgehead atoms. The highest BCUT2D eigenvalue weighted by atomic mass is 16.2. The average molecular weight is 364 g/mol. The van der Waals surface area contributed by atoms with E-state index in [-0.39, 0.29) is 11.9 Å². The summed E-state index contributed by atoms with van der Waals surface area (Å²) in [7, 11) is 0. The number of hydrogen-bond acceptors (Lipinski definition) is 4. The van der Waals surface area contributed by atoms with Crippen molar-refractivity contribution in [3.8, 4) is 0 Å². The molecule has 0 aromatic rings. The van der Waals surface area contributed by atoms with E-state index in [4.69, 9.17) is 0 Å². The molecule has 6 amide bonds. The van der Waals surface area contributed by atoms with Crippen molar-refractivity contribution in [3.05, 3.63) is 0 Å². The van der Waals surface area contributed by atoms with E-state index in [0.717, 1.165) is 49.8 Å². The van der Waals surface area contributed by atoms with Gasteiger partial charge < -0.3 is 10.6 Å². The normalized spacial score (nSPS) is 28.0. The lowest BCUT2D eigenvalue weighted by Crippen LogP contribution is -2.51. The van der Waals surface area contributed by atoms with E-state index in [0.29, 0.717) is 18.8 Å². The third-order valence-corrected chi connectivity index (χ3v) is 5.94. The molecule has 1 heterocycles. The zero-order valence-electron chi connectivity index (χ0n) is 15.3. The maximum absolute atomic E-state index is 12.6. The van der Waals surface area contributed by atoms with Crippen LogP contribution in [0.1, 0.15) is 64.7 Å². The van der Waals surface area contributed by atoms with Gasteiger partial charge in [0, 0.05) is 6.04 Å². The van der Waals surface area contributed by atoms with Gasteiger partial charge in [0.05, 0.1) is 0 Å². The Balaban J connectivity index is 1.52. The maximum Gasteiger partial charge on any atom is 0.325 e. The lowest BCUT2D eigenvalue weighted by molar-refractivity contribution is -0.135. The van der Waals surface area contributed by atoms with E-state index in [1.807, 2.05) is 0 Å². The summed E-state index contributed by atoms with van der Waals surface area (Å²) in [6.07, 6.45) is 8.21. The molecule has 8 heteroatoms. The first kappa shape index (κ1) is 18.7. The Hall–Kier alpha value is -2.12. The van der Waals surface area contributed by atoms with Crippen LogP contribution in [0.15, 0.2) is 0 Å². The lowest BCUT2D eigenvalue weighted by Gasteiger charge is -2.30. The predicted molar refractivity (Wildman–Crippen MR) is 94.2 cm³/mol. The highest BCUT2D eigenvalue weighted by Crippen LogP contribution is 2.33. The highest BCUT2D eigenvalue weighted by molar-refractivity contribution is 6.10. The van der Waals surface area contributed by atoms with Crippen LogP contribution in [0, 0.1) is 5.92 Å². The highest BCUT2D eigenvalue weighted by Gasteiger charge is 2.51. The number of nitrogens with one attached hydrogen (secondary N) is 3. The number of urea groups is 2. The number of imide groups is 2. The van der Waals surface area contributed by atoms with E-state index < -0.39 is 30.1 Å². The van der Waals surface area contributed by atoms with Crippen molar-refractivity contribution < 1.29 is 19.2 Å². The number of carbonyl (C=O) groups is 4. The lowest BCUT2D eigenvalue weighted by atomic mass is 9.82. The standard InChI is InChI=1S/C18H28N4O4/c1-12-7-3-4-8-13(12)19-16(25)20-14(23)11-22-15(24)18(21-17(22)26)9-5-2-6-10-18/h12-13H,2-11H2,1H3,(H,21,26)(H2,19,20,23,25)/t12-,13-/m0/s1. The van der Waals surface area contributed by atoms with Crippen molar-refractivity contribution in [1.82, 2.24) is 20.9 Å². The zero-order valence-corrected chi connectivity index (χ0v) is 15.3. The number of nitrogens with zero attached hydrogens (tertiary/aromatic N) is 1. The van der Waals surface area contributed by atoms with Gasteiger partial charge in [-0.3, -0.25) is 19.8 Å². The van der Waals surface area contributed by atoms with Gasteiger partial charge >= 0.3 is 12.1 Å². The number of carbonyl (C=O) groups excluding carboxylic acids is 4. The van der Waals surface area contributed by atoms with Crippen LogP contribution in [0.3, 0.4) is 0 Å². The first-order chi connectivity index (χ1) is 12.4. The third-order valence-electron chi connectivity index (χ3n) is 5.94. The Labute approximate surface area is 153 Å². The minimum absolute atomic E-state index is 0.0544. The van der Waals surface area contributed by atoms with Crippen molar-refractivity contribution >= 4 is 23.9 Å². The van der Waals surface area contributed by atoms with Crippen LogP contribution in [0.5, 0.6) is 0 Å². The fourth-order valence-electron chi connectivity index (χ4n) is 4.36. The van der Waals surface area contributed by atoms with Crippen molar-refractivity contribution in [2.45, 2.75) is 76.3 Å². The van der Waals surface area contributed by atoms with Crippen molar-refractivity contribution in [2.24, 2.45) is 5.92 Å². The molecule has 0 radical (unpaired) electrons. The van der Waals surface area contributed by atoms with Crippen LogP contribution < -0.4 is 16.0 Å². The molecular weight excluding hydrogens is 336 g/mol. The van der Waals surface area contributed by atoms with Gasteiger partial charge in [0.25, 0.3) is 5.91 Å². The Morgan fingerprint density at radius 3 is 2.50 bits per heavy atom. The molecule has 2 atom stereocenters. The second-order valence-electron chi connectivity index (χ2n) is 7.85. The minimum atomic E-state index is -0.852. The molecular formula is C18H28N4O4. The first-order valence-electron chi connectivity index (χ1n) is 9.66. The predicted octanol–water partition coefficient (Wildman–Crippen LogP) is 1.65. The topological polar surface area (TPSA) is 108 Å². The van der Waals surface area contributed by atoms with Crippen LogP contribution in [-0.4, -0.2) is 46.9 Å². The summed E-state index contributed by atoms with van der Waals surface area (Å²) in [6.45, 7) is 1.66. The fraction of sp³-hybridized carbons (Fsp3) is 0.778. The van der Waals surface area contributed by atoms with Gasteiger partial charge in [-0.05, 0) is 31.6 Å². The largest absolute Gasteiger partial charge is 0.335 e. The zero-order chi connectivity index (χ0) is 18.7. The molecule has 3 aliphatic rings. The summed E-state index contributed by atoms with van der Waals surface area (Å²) >= 11 is 0. The first-order valence-corrected chi connectivity index (χ1v) is 9.66. The van der Waals surface area contributed by atoms with Crippen LogP contribution in [-0.2, 0) is 9.59 Å². The summed E-state index contributed by atoms with van der Waals surface area (Å²) in [5.74, 6) is -0.623. The van der Waals surface area contributed by atoms with Gasteiger partial charge in [0.15, 0.2) is 0 Å². The molecule has 2 aliphatic carbocycles. The Morgan fingerprint density at radius 1 is 1.12 bits per heavy atom. The van der Waals surface area contributed by atoms with Gasteiger partial charge in [0.2, 0.25) is 5.91 Å². The van der Waals surface area contributed by atoms with Crippen LogP contribution in [0.2, 0.25) is 0 Å². The molecule has 3 fully saturated rings. The van der Waals surface area contributed by atoms with Gasteiger partial charge in [0.1, 0.15) is 12.1 Å². The maximum atomic E-state index is 12.6. The summed E-state index contributed by atoms with van der Waals surface area (Å²) in [4.78, 5) is 49.9. The van der Waals surface area contributed by atoms with Crippen LogP contribution in [0.25, 0.3) is 0 Å². The van der Waals surface area contributed by atoms with E-state index in [1.54, 1.807) is 0 Å². The molecule has 0 unspecified atom stereocenters. The third kappa shape index (κ3) is 3.83. The Bertz CT molecular complexity index is 600. The second kappa shape index (κ2) is 7.63. The Morgan fingerprint density at radius 2 is 1.81 bits per heavy atom. The average Bonchev–Trinajstić information content (AvgIpc) is 2.81. The van der Waals surface area contributed by atoms with Gasteiger partial charge in [-0.25, -0.2) is 9.59 Å². The molecule has 144 valence electrons. The number of rotatable bonds is 3. The minimum Gasteiger partial charge on any atom is -0.335 e. The second-order valence-corrected chi connectivity index (χ2v) is 7.85. The molecule has 26 heavy (non-hydrogen) atoms. The van der Waals surface area contributed by atoms with E-state index in [1.165, 1.54) is 0 Å². The van der Waals surface area contributed by atoms with Crippen molar-refractivity contribution in [1.29, 1.82) is 0 Å². The number of amides is 6. The van der Waals surface area contributed by atoms with E-state index in [2.05, 4.69) is 22.9 Å². The van der Waals surface area contributed by atoms with E-state index >= 15 is 0 Å². The molecule has 3 rings (SSSR count). The van der Waals surface area contributed by atoms with Gasteiger partial charge in [-0.1, -0.05) is 39.0 Å². The molecule has 1 aliphatic heterocycles. The van der Waals surface area contributed by atoms with Crippen molar-refractivity contribution in [2.75, 3.05) is 6.54 Å². The van der Waals surface area contributed by atoms with Crippen LogP contribution in [0.4, 0.5) is 9.59 Å². The SMILES string of the molecule is C[C@H]1CCCC[C@@H]1NC(=O)NC(=O)CN1C(=O)NC2(CCCCC2)C1=O. The van der Waals surface area contributed by atoms with E-state index in [9.17, 15) is 19.2 Å². The molecule has 8 nitrogen and oxygen atoms in total. The van der Waals surface area contributed by atoms with Crippen molar-refractivity contribution in [3.63, 3.8) is 0 Å². The molecule has 2 saturated carbocycles. The van der Waals surface area contributed by atoms with Gasteiger partial charge in [-0.2, -0.15) is 0 Å². The quantitative estimate of drug-likeness (QED) is 0.662. The number of hydrogen-bond donors (Lipinski definition) is 3. The summed E-state index contributed by atoms with van der Waals surface area (Å²) < 4.78 is 0. The summed E-state index contributed by atoms with van der Waals surface area (Å²) in [6, 6.07) is -1.06. The van der Waals surface area contributed by atoms with Crippen LogP contribution >= 0.6 is 0 Å². The summed E-state index contributed by atoms with van der Waals surface area (Å²) in [5, 5.41) is 7.83.